The SMILES string of the molecule is COc1cccc2oc(-c3nc4ccccc4c(=O)n3N=Cc3cc(Cl)ccc3OCc3ccc(C)cc3)cc12. The molecule has 2 heterocycles. The Morgan fingerprint density at radius 1 is 0.950 bits per heavy atom. The van der Waals surface area contributed by atoms with Gasteiger partial charge in [-0.2, -0.15) is 9.78 Å². The summed E-state index contributed by atoms with van der Waals surface area (Å²) in [6.45, 7) is 2.41. The number of nitrogens with zero attached hydrogens (tertiary/aromatic N) is 3. The molecule has 0 unspecified atom stereocenters. The van der Waals surface area contributed by atoms with Crippen LogP contribution in [0.4, 0.5) is 0 Å². The molecule has 0 amide bonds. The van der Waals surface area contributed by atoms with Gasteiger partial charge in [-0.1, -0.05) is 59.6 Å². The first-order chi connectivity index (χ1) is 19.5. The van der Waals surface area contributed by atoms with E-state index in [-0.39, 0.29) is 11.4 Å². The summed E-state index contributed by atoms with van der Waals surface area (Å²) in [5.41, 5.74) is 3.61. The van der Waals surface area contributed by atoms with Crippen LogP contribution in [-0.4, -0.2) is 23.0 Å². The van der Waals surface area contributed by atoms with Crippen LogP contribution in [-0.2, 0) is 6.61 Å². The van der Waals surface area contributed by atoms with E-state index in [1.807, 2.05) is 55.5 Å². The summed E-state index contributed by atoms with van der Waals surface area (Å²) in [6, 6.07) is 27.8. The van der Waals surface area contributed by atoms with E-state index in [0.717, 1.165) is 10.9 Å². The minimum absolute atomic E-state index is 0.252. The standard InChI is InChI=1S/C32H24ClN3O4/c1-20-10-12-21(13-11-20)19-39-27-15-14-23(33)16-22(27)18-34-36-31(35-26-7-4-3-6-24(26)32(36)37)30-17-25-28(38-2)8-5-9-29(25)40-30/h3-18H,19H2,1-2H3. The van der Waals surface area contributed by atoms with Crippen LogP contribution in [0.5, 0.6) is 11.5 Å². The van der Waals surface area contributed by atoms with E-state index >= 15 is 0 Å². The molecule has 198 valence electrons. The summed E-state index contributed by atoms with van der Waals surface area (Å²) in [4.78, 5) is 18.4. The molecule has 40 heavy (non-hydrogen) atoms. The van der Waals surface area contributed by atoms with Gasteiger partial charge in [0.1, 0.15) is 23.7 Å². The van der Waals surface area contributed by atoms with Crippen molar-refractivity contribution in [1.29, 1.82) is 0 Å². The van der Waals surface area contributed by atoms with Gasteiger partial charge in [-0.25, -0.2) is 4.98 Å². The second kappa shape index (κ2) is 10.7. The summed E-state index contributed by atoms with van der Waals surface area (Å²) >= 11 is 6.32. The first kappa shape index (κ1) is 25.4. The molecule has 0 N–H and O–H groups in total. The highest BCUT2D eigenvalue weighted by molar-refractivity contribution is 6.30. The molecule has 0 saturated heterocycles. The average molecular weight is 550 g/mol. The molecule has 0 aliphatic rings. The van der Waals surface area contributed by atoms with Crippen LogP contribution >= 0.6 is 11.6 Å². The number of aromatic nitrogens is 2. The topological polar surface area (TPSA) is 78.9 Å². The number of rotatable bonds is 7. The molecule has 0 bridgehead atoms. The van der Waals surface area contributed by atoms with Crippen LogP contribution < -0.4 is 15.0 Å². The highest BCUT2D eigenvalue weighted by Gasteiger charge is 2.18. The lowest BCUT2D eigenvalue weighted by Gasteiger charge is -2.11. The minimum atomic E-state index is -0.339. The highest BCUT2D eigenvalue weighted by Crippen LogP contribution is 2.33. The third kappa shape index (κ3) is 4.95. The van der Waals surface area contributed by atoms with Crippen molar-refractivity contribution >= 4 is 39.7 Å². The number of hydrogen-bond acceptors (Lipinski definition) is 6. The van der Waals surface area contributed by atoms with Crippen LogP contribution in [0.15, 0.2) is 105 Å². The smallest absolute Gasteiger partial charge is 0.282 e. The number of benzene rings is 4. The third-order valence-corrected chi connectivity index (χ3v) is 6.75. The van der Waals surface area contributed by atoms with E-state index in [1.54, 1.807) is 55.8 Å². The number of furan rings is 1. The fourth-order valence-corrected chi connectivity index (χ4v) is 4.61. The van der Waals surface area contributed by atoms with Crippen molar-refractivity contribution in [1.82, 2.24) is 9.66 Å². The third-order valence-electron chi connectivity index (χ3n) is 6.51. The number of halogens is 1. The van der Waals surface area contributed by atoms with Gasteiger partial charge in [0.05, 0.1) is 29.6 Å². The first-order valence-electron chi connectivity index (χ1n) is 12.6. The van der Waals surface area contributed by atoms with Gasteiger partial charge >= 0.3 is 0 Å². The minimum Gasteiger partial charge on any atom is -0.496 e. The van der Waals surface area contributed by atoms with Crippen LogP contribution in [0.25, 0.3) is 33.5 Å². The van der Waals surface area contributed by atoms with Gasteiger partial charge in [0.25, 0.3) is 5.56 Å². The van der Waals surface area contributed by atoms with Gasteiger partial charge < -0.3 is 13.9 Å². The molecule has 6 rings (SSSR count). The number of para-hydroxylation sites is 1. The maximum Gasteiger partial charge on any atom is 0.282 e. The molecular formula is C32H24ClN3O4. The molecule has 0 aliphatic heterocycles. The Bertz CT molecular complexity index is 1940. The predicted molar refractivity (Wildman–Crippen MR) is 158 cm³/mol. The molecular weight excluding hydrogens is 526 g/mol. The van der Waals surface area contributed by atoms with Gasteiger partial charge in [-0.05, 0) is 61.0 Å². The maximum absolute atomic E-state index is 13.7. The molecule has 0 saturated carbocycles. The van der Waals surface area contributed by atoms with Crippen molar-refractivity contribution in [2.45, 2.75) is 13.5 Å². The van der Waals surface area contributed by atoms with Crippen LogP contribution in [0, 0.1) is 6.92 Å². The summed E-state index contributed by atoms with van der Waals surface area (Å²) in [5.74, 6) is 1.86. The Kier molecular flexibility index (Phi) is 6.80. The predicted octanol–water partition coefficient (Wildman–Crippen LogP) is 7.24. The number of methoxy groups -OCH3 is 1. The molecule has 0 radical (unpaired) electrons. The number of fused-ring (bicyclic) bond motifs is 2. The van der Waals surface area contributed by atoms with Crippen molar-refractivity contribution in [2.24, 2.45) is 5.10 Å². The van der Waals surface area contributed by atoms with E-state index in [0.29, 0.717) is 50.9 Å². The zero-order valence-electron chi connectivity index (χ0n) is 21.8. The zero-order chi connectivity index (χ0) is 27.6. The zero-order valence-corrected chi connectivity index (χ0v) is 22.6. The fourth-order valence-electron chi connectivity index (χ4n) is 4.43. The Morgan fingerprint density at radius 2 is 1.77 bits per heavy atom. The average Bonchev–Trinajstić information content (AvgIpc) is 3.41. The van der Waals surface area contributed by atoms with Gasteiger partial charge in [-0.15, -0.1) is 0 Å². The summed E-state index contributed by atoms with van der Waals surface area (Å²) < 4.78 is 18.9. The number of hydrogen-bond donors (Lipinski definition) is 0. The normalized spacial score (nSPS) is 11.5. The van der Waals surface area contributed by atoms with Crippen molar-refractivity contribution < 1.29 is 13.9 Å². The molecule has 0 fully saturated rings. The fraction of sp³-hybridized carbons (Fsp3) is 0.0938. The van der Waals surface area contributed by atoms with Crippen LogP contribution in [0.3, 0.4) is 0 Å². The molecule has 6 aromatic rings. The molecule has 0 atom stereocenters. The van der Waals surface area contributed by atoms with Crippen molar-refractivity contribution in [3.63, 3.8) is 0 Å². The van der Waals surface area contributed by atoms with E-state index in [2.05, 4.69) is 5.10 Å². The van der Waals surface area contributed by atoms with E-state index in [4.69, 9.17) is 30.5 Å². The van der Waals surface area contributed by atoms with Crippen molar-refractivity contribution in [3.05, 3.63) is 123 Å². The Balaban J connectivity index is 1.44. The maximum atomic E-state index is 13.7. The number of aryl methyl sites for hydroxylation is 1. The Hall–Kier alpha value is -4.88. The van der Waals surface area contributed by atoms with Gasteiger partial charge in [0.15, 0.2) is 5.76 Å². The quantitative estimate of drug-likeness (QED) is 0.196. The van der Waals surface area contributed by atoms with Crippen molar-refractivity contribution in [2.75, 3.05) is 7.11 Å². The second-order valence-corrected chi connectivity index (χ2v) is 9.69. The first-order valence-corrected chi connectivity index (χ1v) is 13.0. The largest absolute Gasteiger partial charge is 0.496 e. The summed E-state index contributed by atoms with van der Waals surface area (Å²) in [6.07, 6.45) is 1.54. The summed E-state index contributed by atoms with van der Waals surface area (Å²) in [7, 11) is 1.60. The lowest BCUT2D eigenvalue weighted by atomic mass is 10.1. The highest BCUT2D eigenvalue weighted by atomic mass is 35.5. The molecule has 2 aromatic heterocycles. The van der Waals surface area contributed by atoms with Crippen LogP contribution in [0.2, 0.25) is 5.02 Å². The lowest BCUT2D eigenvalue weighted by Crippen LogP contribution is -2.20. The molecule has 0 spiro atoms. The van der Waals surface area contributed by atoms with Gasteiger partial charge in [0, 0.05) is 10.6 Å². The lowest BCUT2D eigenvalue weighted by molar-refractivity contribution is 0.306. The van der Waals surface area contributed by atoms with Crippen molar-refractivity contribution in [3.8, 4) is 23.1 Å². The molecule has 8 heteroatoms. The Labute approximate surface area is 234 Å². The van der Waals surface area contributed by atoms with Gasteiger partial charge in [-0.3, -0.25) is 4.79 Å². The van der Waals surface area contributed by atoms with E-state index in [9.17, 15) is 4.79 Å². The summed E-state index contributed by atoms with van der Waals surface area (Å²) in [5, 5.41) is 6.28. The van der Waals surface area contributed by atoms with Crippen LogP contribution in [0.1, 0.15) is 16.7 Å². The van der Waals surface area contributed by atoms with Gasteiger partial charge in [0.2, 0.25) is 5.82 Å². The van der Waals surface area contributed by atoms with E-state index in [1.165, 1.54) is 10.2 Å². The Morgan fingerprint density at radius 3 is 2.60 bits per heavy atom. The molecule has 4 aromatic carbocycles. The monoisotopic (exact) mass is 549 g/mol. The molecule has 7 nitrogen and oxygen atoms in total. The molecule has 0 aliphatic carbocycles. The number of ether oxygens (including phenoxy) is 2. The van der Waals surface area contributed by atoms with E-state index < -0.39 is 0 Å². The second-order valence-electron chi connectivity index (χ2n) is 9.25.